The van der Waals surface area contributed by atoms with Crippen LogP contribution in [0.15, 0.2) is 24.3 Å². The number of carbonyl (C=O) groups is 4. The molecular weight excluding hydrogens is 456 g/mol. The molecule has 0 radical (unpaired) electrons. The molecule has 35 heavy (non-hydrogen) atoms. The van der Waals surface area contributed by atoms with Crippen LogP contribution in [0.2, 0.25) is 0 Å². The Hall–Kier alpha value is -3.18. The summed E-state index contributed by atoms with van der Waals surface area (Å²) in [5.41, 5.74) is 6.33. The molecule has 1 saturated heterocycles. The number of hydrogen-bond donors (Lipinski definition) is 6. The number of nitrogens with zero attached hydrogens (tertiary/aromatic N) is 1. The number of aliphatic hydroxyl groups is 1. The Kier molecular flexibility index (Phi) is 10.0. The lowest BCUT2D eigenvalue weighted by molar-refractivity contribution is -0.145. The Morgan fingerprint density at radius 1 is 1.14 bits per heavy atom. The molecular formula is C24H36N4O7. The fourth-order valence-electron chi connectivity index (χ4n) is 3.97. The minimum atomic E-state index is -1.22. The van der Waals surface area contributed by atoms with E-state index in [-0.39, 0.29) is 24.6 Å². The van der Waals surface area contributed by atoms with Crippen LogP contribution in [-0.4, -0.2) is 80.7 Å². The average Bonchev–Trinajstić information content (AvgIpc) is 3.31. The third-order valence-corrected chi connectivity index (χ3v) is 6.43. The molecule has 0 aromatic heterocycles. The van der Waals surface area contributed by atoms with Crippen LogP contribution in [0.3, 0.4) is 0 Å². The summed E-state index contributed by atoms with van der Waals surface area (Å²) < 4.78 is 0. The van der Waals surface area contributed by atoms with E-state index in [0.29, 0.717) is 24.8 Å². The van der Waals surface area contributed by atoms with Crippen LogP contribution in [0.4, 0.5) is 0 Å². The van der Waals surface area contributed by atoms with Crippen molar-refractivity contribution in [1.29, 1.82) is 0 Å². The lowest BCUT2D eigenvalue weighted by atomic mass is 9.96. The highest BCUT2D eigenvalue weighted by Gasteiger charge is 2.40. The third-order valence-electron chi connectivity index (χ3n) is 6.43. The molecule has 0 spiro atoms. The SMILES string of the molecule is CCC(C)C(NC(=O)C(N)C(C)O)C(=O)N1CCCC1C(=O)NC(Cc1ccc(O)cc1)C(=O)O. The Morgan fingerprint density at radius 3 is 2.31 bits per heavy atom. The predicted octanol–water partition coefficient (Wildman–Crippen LogP) is -0.266. The van der Waals surface area contributed by atoms with Gasteiger partial charge in [0.05, 0.1) is 6.10 Å². The topological polar surface area (TPSA) is 182 Å². The van der Waals surface area contributed by atoms with Gasteiger partial charge < -0.3 is 36.6 Å². The molecule has 1 aliphatic rings. The number of hydrogen-bond acceptors (Lipinski definition) is 7. The second-order valence-corrected chi connectivity index (χ2v) is 9.10. The maximum atomic E-state index is 13.4. The highest BCUT2D eigenvalue weighted by atomic mass is 16.4. The molecule has 11 heteroatoms. The summed E-state index contributed by atoms with van der Waals surface area (Å²) in [4.78, 5) is 52.1. The molecule has 1 aliphatic heterocycles. The van der Waals surface area contributed by atoms with Gasteiger partial charge in [0.1, 0.15) is 29.9 Å². The van der Waals surface area contributed by atoms with Gasteiger partial charge in [-0.1, -0.05) is 32.4 Å². The Morgan fingerprint density at radius 2 is 1.77 bits per heavy atom. The Bertz CT molecular complexity index is 906. The first-order chi connectivity index (χ1) is 16.5. The van der Waals surface area contributed by atoms with E-state index in [0.717, 1.165) is 0 Å². The molecule has 1 heterocycles. The first-order valence-corrected chi connectivity index (χ1v) is 11.8. The number of rotatable bonds is 11. The zero-order valence-electron chi connectivity index (χ0n) is 20.3. The van der Waals surface area contributed by atoms with Crippen molar-refractivity contribution in [2.24, 2.45) is 11.7 Å². The summed E-state index contributed by atoms with van der Waals surface area (Å²) in [6, 6.07) is 1.75. The molecule has 1 aromatic carbocycles. The van der Waals surface area contributed by atoms with Crippen molar-refractivity contribution in [3.05, 3.63) is 29.8 Å². The molecule has 6 unspecified atom stereocenters. The number of carboxylic acid groups (broad SMARTS) is 1. The number of benzene rings is 1. The fraction of sp³-hybridized carbons (Fsp3) is 0.583. The van der Waals surface area contributed by atoms with Crippen molar-refractivity contribution in [2.45, 2.75) is 76.7 Å². The van der Waals surface area contributed by atoms with Crippen LogP contribution in [0.25, 0.3) is 0 Å². The molecule has 0 aliphatic carbocycles. The monoisotopic (exact) mass is 492 g/mol. The van der Waals surface area contributed by atoms with Gasteiger partial charge in [-0.3, -0.25) is 14.4 Å². The van der Waals surface area contributed by atoms with Gasteiger partial charge in [0.15, 0.2) is 0 Å². The van der Waals surface area contributed by atoms with Crippen molar-refractivity contribution in [3.63, 3.8) is 0 Å². The summed E-state index contributed by atoms with van der Waals surface area (Å²) in [7, 11) is 0. The van der Waals surface area contributed by atoms with Crippen LogP contribution in [-0.2, 0) is 25.6 Å². The quantitative estimate of drug-likeness (QED) is 0.244. The van der Waals surface area contributed by atoms with Gasteiger partial charge in [-0.05, 0) is 43.4 Å². The maximum absolute atomic E-state index is 13.4. The van der Waals surface area contributed by atoms with E-state index in [9.17, 15) is 34.5 Å². The number of phenolic OH excluding ortho intramolecular Hbond substituents is 1. The number of nitrogens with one attached hydrogen (secondary N) is 2. The number of aromatic hydroxyl groups is 1. The molecule has 0 bridgehead atoms. The number of aliphatic carboxylic acids is 1. The molecule has 1 fully saturated rings. The van der Waals surface area contributed by atoms with Crippen molar-refractivity contribution in [2.75, 3.05) is 6.54 Å². The first kappa shape index (κ1) is 28.1. The summed E-state index contributed by atoms with van der Waals surface area (Å²) in [6.45, 7) is 5.32. The van der Waals surface area contributed by atoms with E-state index in [4.69, 9.17) is 5.73 Å². The zero-order valence-corrected chi connectivity index (χ0v) is 20.3. The molecule has 0 saturated carbocycles. The van der Waals surface area contributed by atoms with Crippen LogP contribution in [0, 0.1) is 5.92 Å². The van der Waals surface area contributed by atoms with Crippen LogP contribution < -0.4 is 16.4 Å². The van der Waals surface area contributed by atoms with Crippen molar-refractivity contribution >= 4 is 23.7 Å². The van der Waals surface area contributed by atoms with Crippen LogP contribution in [0.5, 0.6) is 5.75 Å². The van der Waals surface area contributed by atoms with Crippen molar-refractivity contribution in [1.82, 2.24) is 15.5 Å². The number of amides is 3. The number of carboxylic acids is 1. The zero-order chi connectivity index (χ0) is 26.3. The minimum absolute atomic E-state index is 0.00477. The van der Waals surface area contributed by atoms with E-state index in [1.807, 2.05) is 6.92 Å². The van der Waals surface area contributed by atoms with Gasteiger partial charge in [-0.15, -0.1) is 0 Å². The largest absolute Gasteiger partial charge is 0.508 e. The smallest absolute Gasteiger partial charge is 0.326 e. The predicted molar refractivity (Wildman–Crippen MR) is 127 cm³/mol. The lowest BCUT2D eigenvalue weighted by Crippen LogP contribution is -2.59. The summed E-state index contributed by atoms with van der Waals surface area (Å²) in [6.07, 6.45) is 0.379. The van der Waals surface area contributed by atoms with Gasteiger partial charge >= 0.3 is 5.97 Å². The molecule has 11 nitrogen and oxygen atoms in total. The number of likely N-dealkylation sites (tertiary alicyclic amines) is 1. The van der Waals surface area contributed by atoms with Crippen LogP contribution >= 0.6 is 0 Å². The van der Waals surface area contributed by atoms with E-state index in [2.05, 4.69) is 10.6 Å². The summed E-state index contributed by atoms with van der Waals surface area (Å²) in [5.74, 6) is -3.15. The molecule has 6 atom stereocenters. The van der Waals surface area contributed by atoms with Gasteiger partial charge in [-0.25, -0.2) is 4.79 Å². The standard InChI is InChI=1S/C24H36N4O7/c1-4-13(2)20(27-22(32)19(25)14(3)29)23(33)28-11-5-6-18(28)21(31)26-17(24(34)35)12-15-7-9-16(30)10-8-15/h7-10,13-14,17-20,29-30H,4-6,11-12,25H2,1-3H3,(H,26,31)(H,27,32)(H,34,35). The molecule has 1 aromatic rings. The van der Waals surface area contributed by atoms with E-state index >= 15 is 0 Å². The second-order valence-electron chi connectivity index (χ2n) is 9.10. The molecule has 3 amide bonds. The van der Waals surface area contributed by atoms with Gasteiger partial charge in [-0.2, -0.15) is 0 Å². The number of phenols is 1. The Labute approximate surface area is 204 Å². The van der Waals surface area contributed by atoms with E-state index in [1.54, 1.807) is 19.1 Å². The number of carbonyl (C=O) groups excluding carboxylic acids is 3. The number of nitrogens with two attached hydrogens (primary N) is 1. The highest BCUT2D eigenvalue weighted by molar-refractivity contribution is 5.94. The molecule has 2 rings (SSSR count). The van der Waals surface area contributed by atoms with Gasteiger partial charge in [0, 0.05) is 13.0 Å². The van der Waals surface area contributed by atoms with Gasteiger partial charge in [0.2, 0.25) is 17.7 Å². The third kappa shape index (κ3) is 7.40. The summed E-state index contributed by atoms with van der Waals surface area (Å²) >= 11 is 0. The summed E-state index contributed by atoms with van der Waals surface area (Å²) in [5, 5.41) is 33.8. The highest BCUT2D eigenvalue weighted by Crippen LogP contribution is 2.22. The number of aliphatic hydroxyl groups excluding tert-OH is 1. The minimum Gasteiger partial charge on any atom is -0.508 e. The Balaban J connectivity index is 2.15. The first-order valence-electron chi connectivity index (χ1n) is 11.8. The maximum Gasteiger partial charge on any atom is 0.326 e. The van der Waals surface area contributed by atoms with E-state index < -0.39 is 54.0 Å². The van der Waals surface area contributed by atoms with Crippen LogP contribution in [0.1, 0.15) is 45.6 Å². The molecule has 194 valence electrons. The van der Waals surface area contributed by atoms with E-state index in [1.165, 1.54) is 24.0 Å². The van der Waals surface area contributed by atoms with Crippen molar-refractivity contribution < 1.29 is 34.5 Å². The second kappa shape index (κ2) is 12.5. The van der Waals surface area contributed by atoms with Crippen molar-refractivity contribution in [3.8, 4) is 5.75 Å². The normalized spacial score (nSPS) is 19.8. The average molecular weight is 493 g/mol. The van der Waals surface area contributed by atoms with Gasteiger partial charge in [0.25, 0.3) is 0 Å². The fourth-order valence-corrected chi connectivity index (χ4v) is 3.97. The molecule has 7 N–H and O–H groups in total. The lowest BCUT2D eigenvalue weighted by Gasteiger charge is -2.32.